The lowest BCUT2D eigenvalue weighted by Crippen LogP contribution is -2.74. The van der Waals surface area contributed by atoms with Crippen LogP contribution in [0.25, 0.3) is 115 Å². The van der Waals surface area contributed by atoms with Crippen molar-refractivity contribution in [3.63, 3.8) is 0 Å². The second kappa shape index (κ2) is 16.6. The van der Waals surface area contributed by atoms with Crippen molar-refractivity contribution < 1.29 is 21.9 Å². The van der Waals surface area contributed by atoms with Crippen LogP contribution in [0, 0.1) is 0 Å². The van der Waals surface area contributed by atoms with Gasteiger partial charge in [-0.3, -0.25) is 0 Å². The first kappa shape index (κ1) is 29.8. The van der Waals surface area contributed by atoms with Crippen LogP contribution in [0.3, 0.4) is 0 Å². The monoisotopic (exact) mass is 997 g/mol. The minimum Gasteiger partial charge on any atom is -0.309 e. The van der Waals surface area contributed by atoms with Gasteiger partial charge in [-0.05, 0) is 120 Å². The fourth-order valence-electron chi connectivity index (χ4n) is 12.4. The first-order valence-electron chi connectivity index (χ1n) is 33.0. The van der Waals surface area contributed by atoms with E-state index in [9.17, 15) is 8.22 Å². The maximum Gasteiger partial charge on any atom is 0.179 e. The van der Waals surface area contributed by atoms with Gasteiger partial charge in [0.25, 0.3) is 0 Å². The Morgan fingerprint density at radius 1 is 0.237 bits per heavy atom. The second-order valence-corrected chi connectivity index (χ2v) is 23.0. The van der Waals surface area contributed by atoms with Crippen LogP contribution in [0.5, 0.6) is 0 Å². The Kier molecular flexibility index (Phi) is 6.53. The van der Waals surface area contributed by atoms with Crippen molar-refractivity contribution in [1.82, 2.24) is 13.7 Å². The summed E-state index contributed by atoms with van der Waals surface area (Å²) in [6.07, 6.45) is 0. The zero-order valence-corrected chi connectivity index (χ0v) is 41.2. The Hall–Kier alpha value is -9.74. The summed E-state index contributed by atoms with van der Waals surface area (Å²) in [4.78, 5) is 0. The lowest BCUT2D eigenvalue weighted by atomic mass is 9.92. The van der Waals surface area contributed by atoms with Crippen LogP contribution in [0.4, 0.5) is 0 Å². The molecule has 0 unspecified atom stereocenters. The summed E-state index contributed by atoms with van der Waals surface area (Å²) in [6, 6.07) is 56.3. The minimum atomic E-state index is -3.38. The van der Waals surface area contributed by atoms with Gasteiger partial charge in [0, 0.05) is 54.8 Å². The molecule has 16 aromatic rings. The Morgan fingerprint density at radius 2 is 0.579 bits per heavy atom. The zero-order chi connectivity index (χ0) is 63.8. The summed E-state index contributed by atoms with van der Waals surface area (Å²) in [5, 5.41) is 11.9. The van der Waals surface area contributed by atoms with Gasteiger partial charge in [-0.25, -0.2) is 0 Å². The van der Waals surface area contributed by atoms with E-state index in [1.54, 1.807) is 4.57 Å². The molecule has 0 saturated carbocycles. The Morgan fingerprint density at radius 3 is 1.05 bits per heavy atom. The summed E-state index contributed by atoms with van der Waals surface area (Å²) in [5.41, 5.74) is 3.42. The van der Waals surface area contributed by atoms with Gasteiger partial charge in [0.1, 0.15) is 0 Å². The number of para-hydroxylation sites is 4. The average molecular weight is 998 g/mol. The predicted molar refractivity (Wildman–Crippen MR) is 326 cm³/mol. The lowest BCUT2D eigenvalue weighted by Gasteiger charge is -2.34. The number of benzene rings is 13. The normalized spacial score (nSPS) is 15.2. The highest BCUT2D eigenvalue weighted by Crippen LogP contribution is 2.44. The Labute approximate surface area is 462 Å². The number of aromatic nitrogens is 3. The topological polar surface area (TPSA) is 14.8 Å². The number of hydrogen-bond acceptors (Lipinski definition) is 0. The molecule has 4 heteroatoms. The molecule has 0 radical (unpaired) electrons. The first-order valence-corrected chi connectivity index (χ1v) is 27.0. The third kappa shape index (κ3) is 6.04. The van der Waals surface area contributed by atoms with Crippen LogP contribution < -0.4 is 20.7 Å². The summed E-state index contributed by atoms with van der Waals surface area (Å²) in [5.74, 6) is 0. The van der Waals surface area contributed by atoms with Crippen LogP contribution in [0.2, 0.25) is 0 Å². The third-order valence-electron chi connectivity index (χ3n) is 15.5. The zero-order valence-electron chi connectivity index (χ0n) is 56.2. The van der Waals surface area contributed by atoms with E-state index in [2.05, 4.69) is 89.5 Å². The van der Waals surface area contributed by atoms with E-state index in [1.807, 2.05) is 103 Å². The average Bonchev–Trinajstić information content (AvgIpc) is 1.52. The quantitative estimate of drug-likeness (QED) is 0.0859. The molecule has 3 aromatic heterocycles. The maximum atomic E-state index is 9.38. The molecule has 76 heavy (non-hydrogen) atoms. The Bertz CT molecular complexity index is 5720. The van der Waals surface area contributed by atoms with Crippen LogP contribution >= 0.6 is 0 Å². The molecule has 16 rings (SSSR count). The second-order valence-electron chi connectivity index (χ2n) is 19.2. The molecule has 0 fully saturated rings. The fourth-order valence-corrected chi connectivity index (χ4v) is 17.1. The Balaban J connectivity index is 0.960. The van der Waals surface area contributed by atoms with Gasteiger partial charge in [0.15, 0.2) is 8.07 Å². The van der Waals surface area contributed by atoms with Crippen molar-refractivity contribution in [2.75, 3.05) is 0 Å². The van der Waals surface area contributed by atoms with Gasteiger partial charge in [0.05, 0.1) is 55.0 Å². The smallest absolute Gasteiger partial charge is 0.179 e. The minimum absolute atomic E-state index is 0.00168. The van der Waals surface area contributed by atoms with Gasteiger partial charge in [-0.2, -0.15) is 0 Å². The molecule has 0 aliphatic carbocycles. The molecular formula is C72H47N3Si. The van der Waals surface area contributed by atoms with Crippen LogP contribution in [-0.4, -0.2) is 21.8 Å². The van der Waals surface area contributed by atoms with Crippen LogP contribution in [0.1, 0.15) is 21.9 Å². The van der Waals surface area contributed by atoms with Crippen LogP contribution in [-0.2, 0) is 0 Å². The molecule has 3 heterocycles. The summed E-state index contributed by atoms with van der Waals surface area (Å²) in [6.45, 7) is 0. The molecule has 3 nitrogen and oxygen atoms in total. The predicted octanol–water partition coefficient (Wildman–Crippen LogP) is 15.8. The molecule has 0 aliphatic rings. The van der Waals surface area contributed by atoms with Crippen molar-refractivity contribution in [3.05, 3.63) is 285 Å². The van der Waals surface area contributed by atoms with Crippen molar-refractivity contribution >= 4 is 127 Å². The molecule has 13 aromatic carbocycles. The highest BCUT2D eigenvalue weighted by Gasteiger charge is 2.41. The van der Waals surface area contributed by atoms with Gasteiger partial charge in [0.2, 0.25) is 0 Å². The van der Waals surface area contributed by atoms with Crippen molar-refractivity contribution in [2.24, 2.45) is 0 Å². The van der Waals surface area contributed by atoms with Crippen molar-refractivity contribution in [2.45, 2.75) is 0 Å². The van der Waals surface area contributed by atoms with Gasteiger partial charge in [-0.15, -0.1) is 0 Å². The van der Waals surface area contributed by atoms with E-state index in [1.165, 1.54) is 4.57 Å². The molecule has 0 amide bonds. The van der Waals surface area contributed by atoms with Gasteiger partial charge in [-0.1, -0.05) is 212 Å². The molecule has 0 aliphatic heterocycles. The van der Waals surface area contributed by atoms with E-state index in [0.29, 0.717) is 11.4 Å². The summed E-state index contributed by atoms with van der Waals surface area (Å²) >= 11 is 0. The number of rotatable bonds is 7. The fraction of sp³-hybridized carbons (Fsp3) is 0. The van der Waals surface area contributed by atoms with Gasteiger partial charge >= 0.3 is 0 Å². The number of hydrogen-bond donors (Lipinski definition) is 0. The third-order valence-corrected chi connectivity index (χ3v) is 20.3. The van der Waals surface area contributed by atoms with E-state index < -0.39 is 80.6 Å². The van der Waals surface area contributed by atoms with E-state index >= 15 is 0 Å². The van der Waals surface area contributed by atoms with Crippen molar-refractivity contribution in [1.29, 1.82) is 0 Å². The molecular weight excluding hydrogens is 935 g/mol. The lowest BCUT2D eigenvalue weighted by molar-refractivity contribution is 1.17. The molecule has 0 saturated heterocycles. The van der Waals surface area contributed by atoms with Gasteiger partial charge < -0.3 is 13.7 Å². The maximum absolute atomic E-state index is 9.38. The van der Waals surface area contributed by atoms with Crippen LogP contribution in [0.15, 0.2) is 285 Å². The van der Waals surface area contributed by atoms with E-state index in [0.717, 1.165) is 80.6 Å². The highest BCUT2D eigenvalue weighted by atomic mass is 28.3. The van der Waals surface area contributed by atoms with E-state index in [-0.39, 0.29) is 67.8 Å². The van der Waals surface area contributed by atoms with E-state index in [4.69, 9.17) is 13.7 Å². The van der Waals surface area contributed by atoms with Crippen molar-refractivity contribution in [3.8, 4) is 17.1 Å². The molecule has 354 valence electrons. The number of fused-ring (bicyclic) bond motifs is 16. The first-order chi connectivity index (χ1) is 44.4. The highest BCUT2D eigenvalue weighted by molar-refractivity contribution is 7.19. The SMILES string of the molecule is [2H]c1c([2H])c([2H])c2c(c1[2H])c1c([2H])c([2H])c([2H])c([2H])c1n2-c1ccc([Si](c2ccccc2)(c2ccccc2)c2ccc(-n3c4ccc(-n5c6c([2H])c([2H])c([2H])c([2H])c6c6c([2H])c([2H])c([2H])c([2H])c65)cc4c4c5c6ccccc6c6ccccc6c5ccc43)cc2)cc1. The molecule has 0 bridgehead atoms. The molecule has 0 N–H and O–H groups in total. The molecule has 0 atom stereocenters. The largest absolute Gasteiger partial charge is 0.309 e. The summed E-state index contributed by atoms with van der Waals surface area (Å²) < 4.78 is 149. The molecule has 0 spiro atoms. The standard InChI is InChI=1S/C72H47N3Si/c1-3-19-51(20-4-1)76(52-21-5-2-6-22-52,53-40-35-48(36-41-53)73-65-31-15-11-26-58(65)59-27-12-16-32-66(59)73)54-42-37-49(38-43-54)74-69-45-39-50(75-67-33-17-13-28-60(67)61-29-14-18-34-68(61)75)47-64(69)72-70(74)46-44-63-57-25-8-7-23-55(57)56-24-9-10-30-62(56)71(63)72/h1-47H/i11D,12D,13D,14D,15D,16D,17D,18D,26D,27D,28D,29D,31D,32D,33D,34D. The number of nitrogens with zero attached hydrogens (tertiary/aromatic N) is 3. The summed E-state index contributed by atoms with van der Waals surface area (Å²) in [7, 11) is -3.38.